The lowest BCUT2D eigenvalue weighted by Gasteiger charge is -2.24. The molecule has 0 bridgehead atoms. The molecule has 18 heavy (non-hydrogen) atoms. The van der Waals surface area contributed by atoms with Crippen molar-refractivity contribution in [3.63, 3.8) is 0 Å². The Morgan fingerprint density at radius 3 is 2.56 bits per heavy atom. The zero-order chi connectivity index (χ0) is 13.5. The molecule has 0 radical (unpaired) electrons. The summed E-state index contributed by atoms with van der Waals surface area (Å²) in [5.74, 6) is -0.541. The zero-order valence-electron chi connectivity index (χ0n) is 10.8. The van der Waals surface area contributed by atoms with Crippen LogP contribution in [0.2, 0.25) is 0 Å². The van der Waals surface area contributed by atoms with Gasteiger partial charge in [0.25, 0.3) is 0 Å². The van der Waals surface area contributed by atoms with Gasteiger partial charge in [-0.25, -0.2) is 0 Å². The van der Waals surface area contributed by atoms with Crippen LogP contribution in [0.5, 0.6) is 0 Å². The molecule has 0 saturated carbocycles. The van der Waals surface area contributed by atoms with Gasteiger partial charge in [-0.05, 0) is 12.5 Å². The molecule has 0 aromatic heterocycles. The van der Waals surface area contributed by atoms with Crippen LogP contribution in [0.25, 0.3) is 0 Å². The molecule has 0 aliphatic carbocycles. The fourth-order valence-corrected chi connectivity index (χ4v) is 1.87. The molecule has 0 heterocycles. The van der Waals surface area contributed by atoms with Crippen molar-refractivity contribution < 1.29 is 4.79 Å². The fourth-order valence-electron chi connectivity index (χ4n) is 1.87. The van der Waals surface area contributed by atoms with Gasteiger partial charge in [0.1, 0.15) is 0 Å². The predicted molar refractivity (Wildman–Crippen MR) is 70.7 cm³/mol. The van der Waals surface area contributed by atoms with Gasteiger partial charge in [0, 0.05) is 20.1 Å². The van der Waals surface area contributed by atoms with Crippen LogP contribution in [0.3, 0.4) is 0 Å². The van der Waals surface area contributed by atoms with Gasteiger partial charge in [-0.3, -0.25) is 4.79 Å². The van der Waals surface area contributed by atoms with Gasteiger partial charge in [0.05, 0.1) is 17.9 Å². The Morgan fingerprint density at radius 1 is 1.44 bits per heavy atom. The van der Waals surface area contributed by atoms with E-state index >= 15 is 0 Å². The van der Waals surface area contributed by atoms with Gasteiger partial charge in [-0.2, -0.15) is 5.26 Å². The minimum atomic E-state index is -0.331. The number of amides is 1. The number of nitrogens with two attached hydrogens (primary N) is 1. The molecule has 1 aromatic rings. The van der Waals surface area contributed by atoms with Crippen molar-refractivity contribution in [3.05, 3.63) is 35.9 Å². The third kappa shape index (κ3) is 3.57. The Hall–Kier alpha value is -1.86. The van der Waals surface area contributed by atoms with Crippen molar-refractivity contribution in [2.75, 3.05) is 20.1 Å². The van der Waals surface area contributed by atoms with E-state index in [1.54, 1.807) is 18.9 Å². The topological polar surface area (TPSA) is 70.1 Å². The number of benzene rings is 1. The number of rotatable bonds is 5. The SMILES string of the molecule is CC(C#N)CN(C)C(=O)C(CN)c1ccccc1. The summed E-state index contributed by atoms with van der Waals surface area (Å²) in [7, 11) is 1.71. The van der Waals surface area contributed by atoms with Crippen molar-refractivity contribution in [2.24, 2.45) is 11.7 Å². The van der Waals surface area contributed by atoms with Crippen LogP contribution in [0.1, 0.15) is 18.4 Å². The zero-order valence-corrected chi connectivity index (χ0v) is 10.8. The van der Waals surface area contributed by atoms with Crippen molar-refractivity contribution >= 4 is 5.91 Å². The summed E-state index contributed by atoms with van der Waals surface area (Å²) in [5.41, 5.74) is 6.61. The molecule has 1 amide bonds. The van der Waals surface area contributed by atoms with Crippen LogP contribution in [0.4, 0.5) is 0 Å². The lowest BCUT2D eigenvalue weighted by Crippen LogP contribution is -2.37. The number of carbonyl (C=O) groups is 1. The number of carbonyl (C=O) groups excluding carboxylic acids is 1. The molecule has 0 aliphatic heterocycles. The molecule has 0 spiro atoms. The molecule has 0 aliphatic rings. The van der Waals surface area contributed by atoms with Crippen molar-refractivity contribution in [1.82, 2.24) is 4.90 Å². The molecule has 96 valence electrons. The van der Waals surface area contributed by atoms with E-state index in [4.69, 9.17) is 11.0 Å². The van der Waals surface area contributed by atoms with Crippen LogP contribution in [0, 0.1) is 17.2 Å². The van der Waals surface area contributed by atoms with Gasteiger partial charge >= 0.3 is 0 Å². The van der Waals surface area contributed by atoms with Crippen LogP contribution < -0.4 is 5.73 Å². The summed E-state index contributed by atoms with van der Waals surface area (Å²) in [6.45, 7) is 2.50. The first-order chi connectivity index (χ1) is 8.60. The first-order valence-electron chi connectivity index (χ1n) is 5.99. The molecule has 2 N–H and O–H groups in total. The number of nitriles is 1. The molecular weight excluding hydrogens is 226 g/mol. The average Bonchev–Trinajstić information content (AvgIpc) is 2.40. The van der Waals surface area contributed by atoms with Gasteiger partial charge in [0.15, 0.2) is 0 Å². The van der Waals surface area contributed by atoms with Gasteiger partial charge in [-0.1, -0.05) is 30.3 Å². The molecule has 1 aromatic carbocycles. The number of hydrogen-bond donors (Lipinski definition) is 1. The highest BCUT2D eigenvalue weighted by Crippen LogP contribution is 2.17. The maximum atomic E-state index is 12.3. The van der Waals surface area contributed by atoms with Crippen molar-refractivity contribution in [2.45, 2.75) is 12.8 Å². The highest BCUT2D eigenvalue weighted by Gasteiger charge is 2.23. The standard InChI is InChI=1S/C14H19N3O/c1-11(8-15)10-17(2)14(18)13(9-16)12-6-4-3-5-7-12/h3-7,11,13H,9-10,16H2,1-2H3. The lowest BCUT2D eigenvalue weighted by molar-refractivity contribution is -0.131. The molecule has 0 saturated heterocycles. The van der Waals surface area contributed by atoms with E-state index in [-0.39, 0.29) is 24.3 Å². The second kappa shape index (κ2) is 6.77. The third-order valence-corrected chi connectivity index (χ3v) is 2.88. The van der Waals surface area contributed by atoms with Crippen molar-refractivity contribution in [3.8, 4) is 6.07 Å². The fraction of sp³-hybridized carbons (Fsp3) is 0.429. The highest BCUT2D eigenvalue weighted by atomic mass is 16.2. The molecule has 1 rings (SSSR count). The largest absolute Gasteiger partial charge is 0.344 e. The monoisotopic (exact) mass is 245 g/mol. The summed E-state index contributed by atoms with van der Waals surface area (Å²) in [5, 5.41) is 8.77. The predicted octanol–water partition coefficient (Wildman–Crippen LogP) is 1.35. The van der Waals surface area contributed by atoms with Crippen molar-refractivity contribution in [1.29, 1.82) is 5.26 Å². The molecular formula is C14H19N3O. The average molecular weight is 245 g/mol. The lowest BCUT2D eigenvalue weighted by atomic mass is 9.97. The van der Waals surface area contributed by atoms with E-state index < -0.39 is 0 Å². The van der Waals surface area contributed by atoms with Crippen LogP contribution in [0.15, 0.2) is 30.3 Å². The van der Waals surface area contributed by atoms with Gasteiger partial charge < -0.3 is 10.6 Å². The normalized spacial score (nSPS) is 13.4. The van der Waals surface area contributed by atoms with Crippen LogP contribution >= 0.6 is 0 Å². The van der Waals surface area contributed by atoms with E-state index in [1.165, 1.54) is 0 Å². The second-order valence-corrected chi connectivity index (χ2v) is 4.45. The Morgan fingerprint density at radius 2 is 2.06 bits per heavy atom. The Kier molecular flexibility index (Phi) is 5.34. The molecule has 2 atom stereocenters. The smallest absolute Gasteiger partial charge is 0.231 e. The summed E-state index contributed by atoms with van der Waals surface area (Å²) in [4.78, 5) is 13.8. The molecule has 4 nitrogen and oxygen atoms in total. The van der Waals surface area contributed by atoms with Crippen LogP contribution in [-0.2, 0) is 4.79 Å². The minimum absolute atomic E-state index is 0.0363. The first-order valence-corrected chi connectivity index (χ1v) is 5.99. The Balaban J connectivity index is 2.78. The van der Waals surface area contributed by atoms with E-state index in [1.807, 2.05) is 30.3 Å². The van der Waals surface area contributed by atoms with E-state index in [0.717, 1.165) is 5.56 Å². The summed E-state index contributed by atoms with van der Waals surface area (Å²) >= 11 is 0. The molecule has 0 fully saturated rings. The first kappa shape index (κ1) is 14.2. The highest BCUT2D eigenvalue weighted by molar-refractivity contribution is 5.83. The maximum absolute atomic E-state index is 12.3. The van der Waals surface area contributed by atoms with Gasteiger partial charge in [0.2, 0.25) is 5.91 Å². The Bertz CT molecular complexity index is 424. The summed E-state index contributed by atoms with van der Waals surface area (Å²) in [6.07, 6.45) is 0. The van der Waals surface area contributed by atoms with E-state index in [0.29, 0.717) is 6.54 Å². The van der Waals surface area contributed by atoms with Crippen LogP contribution in [-0.4, -0.2) is 30.9 Å². The van der Waals surface area contributed by atoms with E-state index in [9.17, 15) is 4.79 Å². The Labute approximate surface area is 108 Å². The number of hydrogen-bond acceptors (Lipinski definition) is 3. The third-order valence-electron chi connectivity index (χ3n) is 2.88. The quantitative estimate of drug-likeness (QED) is 0.851. The number of likely N-dealkylation sites (N-methyl/N-ethyl adjacent to an activating group) is 1. The molecule has 2 unspecified atom stereocenters. The summed E-state index contributed by atoms with van der Waals surface area (Å²) < 4.78 is 0. The number of nitrogens with zero attached hydrogens (tertiary/aromatic N) is 2. The second-order valence-electron chi connectivity index (χ2n) is 4.45. The minimum Gasteiger partial charge on any atom is -0.344 e. The van der Waals surface area contributed by atoms with E-state index in [2.05, 4.69) is 6.07 Å². The maximum Gasteiger partial charge on any atom is 0.231 e. The molecule has 4 heteroatoms. The van der Waals surface area contributed by atoms with Gasteiger partial charge in [-0.15, -0.1) is 0 Å². The summed E-state index contributed by atoms with van der Waals surface area (Å²) in [6, 6.07) is 11.6.